The Morgan fingerprint density at radius 2 is 0.714 bits per heavy atom. The smallest absolute Gasteiger partial charge is 2.00 e. The molecule has 0 unspecified atom stereocenters. The molecule has 34 valence electrons. The number of halogens is 1. The molecule has 0 N–H and O–H groups in total. The van der Waals surface area contributed by atoms with Crippen molar-refractivity contribution < 1.29 is 27.9 Å². The summed E-state index contributed by atoms with van der Waals surface area (Å²) in [7, 11) is 0. The summed E-state index contributed by atoms with van der Waals surface area (Å²) < 4.78 is 0. The zero-order valence-corrected chi connectivity index (χ0v) is 17.3. The maximum Gasteiger partial charge on any atom is 3.00 e. The van der Waals surface area contributed by atoms with Crippen molar-refractivity contribution in [2.45, 2.75) is 0 Å². The van der Waals surface area contributed by atoms with E-state index in [2.05, 4.69) is 0 Å². The van der Waals surface area contributed by atoms with Crippen molar-refractivity contribution in [2.24, 2.45) is 0 Å². The number of hydrogen-bond acceptors (Lipinski definition) is 0. The fourth-order valence-electron chi connectivity index (χ4n) is 0. The largest absolute Gasteiger partial charge is 3.00 e. The van der Waals surface area contributed by atoms with Crippen LogP contribution in [0.5, 0.6) is 0 Å². The minimum Gasteiger partial charge on any atom is -2.00 e. The van der Waals surface area contributed by atoms with Crippen LogP contribution >= 0.6 is 0 Å². The maximum absolute atomic E-state index is 0. The molecule has 0 rings (SSSR count). The molecule has 7 heavy (non-hydrogen) atoms. The van der Waals surface area contributed by atoms with Crippen molar-refractivity contribution in [3.63, 3.8) is 0 Å². The summed E-state index contributed by atoms with van der Waals surface area (Å²) in [5.41, 5.74) is 0. The second-order valence-electron chi connectivity index (χ2n) is 0. The molecular weight excluding hydrogens is 540 g/mol. The fourth-order valence-corrected chi connectivity index (χ4v) is 0. The quantitative estimate of drug-likeness (QED) is 0.279. The molecular formula is Ba2BrO2SSb. The molecule has 0 aromatic carbocycles. The van der Waals surface area contributed by atoms with E-state index in [1.165, 1.54) is 0 Å². The standard InChI is InChI=1S/2Ba.BrH.2O.S.Sb/h;;1H;;;;/q2*+2;;3*-2;+3/p-1. The molecule has 0 aliphatic carbocycles. The Balaban J connectivity index is 0. The molecule has 0 heterocycles. The van der Waals surface area contributed by atoms with Crippen molar-refractivity contribution in [3.8, 4) is 0 Å². The molecule has 2 nitrogen and oxygen atoms in total. The van der Waals surface area contributed by atoms with E-state index in [4.69, 9.17) is 0 Å². The minimum absolute atomic E-state index is 0. The zero-order chi connectivity index (χ0) is 0. The molecule has 7 heteroatoms. The van der Waals surface area contributed by atoms with Gasteiger partial charge in [0, 0.05) is 0 Å². The van der Waals surface area contributed by atoms with Crippen molar-refractivity contribution in [3.05, 3.63) is 0 Å². The molecule has 0 bridgehead atoms. The second-order valence-corrected chi connectivity index (χ2v) is 0. The monoisotopic (exact) mass is 540 g/mol. The van der Waals surface area contributed by atoms with Gasteiger partial charge in [0.15, 0.2) is 0 Å². The van der Waals surface area contributed by atoms with Crippen LogP contribution in [0.1, 0.15) is 0 Å². The molecule has 0 saturated carbocycles. The van der Waals surface area contributed by atoms with Crippen LogP contribution in [0, 0.1) is 0 Å². The van der Waals surface area contributed by atoms with Gasteiger partial charge in [-0.15, -0.1) is 0 Å². The molecule has 0 fully saturated rings. The van der Waals surface area contributed by atoms with Crippen LogP contribution in [-0.4, -0.2) is 122 Å². The third-order valence-electron chi connectivity index (χ3n) is 0. The predicted octanol–water partition coefficient (Wildman–Crippen LogP) is -4.38. The SMILES string of the molecule is [Ba+2].[Ba+2].[Br-].[O-2].[O-2].[S-2].[Sb+3]. The maximum atomic E-state index is 0. The molecule has 0 aromatic rings. The summed E-state index contributed by atoms with van der Waals surface area (Å²) in [6, 6.07) is 0. The molecule has 2 radical (unpaired) electrons. The van der Waals surface area contributed by atoms with E-state index in [0.29, 0.717) is 0 Å². The molecule has 0 aliphatic rings. The minimum atomic E-state index is 0. The van der Waals surface area contributed by atoms with Crippen LogP contribution in [-0.2, 0) is 24.4 Å². The van der Waals surface area contributed by atoms with Crippen molar-refractivity contribution in [2.75, 3.05) is 0 Å². The van der Waals surface area contributed by atoms with Gasteiger partial charge >= 0.3 is 122 Å². The average Bonchev–Trinajstić information content (AvgIpc) is 0. The molecule has 0 saturated heterocycles. The predicted molar refractivity (Wildman–Crippen MR) is 26.0 cm³/mol. The van der Waals surface area contributed by atoms with E-state index in [9.17, 15) is 0 Å². The van der Waals surface area contributed by atoms with Crippen LogP contribution in [0.25, 0.3) is 0 Å². The summed E-state index contributed by atoms with van der Waals surface area (Å²) in [5, 5.41) is 0. The Labute approximate surface area is 159 Å². The van der Waals surface area contributed by atoms with Gasteiger partial charge in [-0.1, -0.05) is 0 Å². The van der Waals surface area contributed by atoms with Gasteiger partial charge in [-0.05, 0) is 0 Å². The van der Waals surface area contributed by atoms with Gasteiger partial charge in [0.1, 0.15) is 0 Å². The van der Waals surface area contributed by atoms with Crippen LogP contribution in [0.15, 0.2) is 0 Å². The number of rotatable bonds is 0. The fraction of sp³-hybridized carbons (Fsp3) is 0. The van der Waals surface area contributed by atoms with Gasteiger partial charge < -0.3 is 41.4 Å². The van der Waals surface area contributed by atoms with E-state index in [0.717, 1.165) is 0 Å². The summed E-state index contributed by atoms with van der Waals surface area (Å²) in [6.45, 7) is 0. The first kappa shape index (κ1) is 60.5. The van der Waals surface area contributed by atoms with Gasteiger partial charge in [0.25, 0.3) is 0 Å². The summed E-state index contributed by atoms with van der Waals surface area (Å²) >= 11 is 0. The molecule has 0 aromatic heterocycles. The van der Waals surface area contributed by atoms with Crippen molar-refractivity contribution in [1.82, 2.24) is 0 Å². The van der Waals surface area contributed by atoms with Crippen molar-refractivity contribution in [1.29, 1.82) is 0 Å². The molecule has 0 spiro atoms. The van der Waals surface area contributed by atoms with Gasteiger partial charge in [-0.2, -0.15) is 0 Å². The molecule has 0 aliphatic heterocycles. The first-order chi connectivity index (χ1) is 0. The van der Waals surface area contributed by atoms with Crippen LogP contribution in [0.3, 0.4) is 0 Å². The van der Waals surface area contributed by atoms with E-state index in [-0.39, 0.29) is 164 Å². The van der Waals surface area contributed by atoms with Gasteiger partial charge in [0.2, 0.25) is 0 Å². The summed E-state index contributed by atoms with van der Waals surface area (Å²) in [4.78, 5) is 0. The first-order valence-corrected chi connectivity index (χ1v) is 0. The Kier molecular flexibility index (Phi) is 394. The topological polar surface area (TPSA) is 57.0 Å². The molecule has 0 atom stereocenters. The van der Waals surface area contributed by atoms with Gasteiger partial charge in [-0.25, -0.2) is 0 Å². The van der Waals surface area contributed by atoms with Crippen LogP contribution < -0.4 is 17.0 Å². The average molecular weight is 540 g/mol. The molecule has 0 amide bonds. The third-order valence-corrected chi connectivity index (χ3v) is 0. The third kappa shape index (κ3) is 36.6. The summed E-state index contributed by atoms with van der Waals surface area (Å²) in [6.07, 6.45) is 0. The van der Waals surface area contributed by atoms with E-state index in [1.54, 1.807) is 0 Å². The van der Waals surface area contributed by atoms with E-state index < -0.39 is 0 Å². The first-order valence-electron chi connectivity index (χ1n) is 0. The Bertz CT molecular complexity index is 15.7. The Morgan fingerprint density at radius 1 is 0.714 bits per heavy atom. The van der Waals surface area contributed by atoms with Crippen LogP contribution in [0.2, 0.25) is 0 Å². The van der Waals surface area contributed by atoms with E-state index in [1.807, 2.05) is 0 Å². The van der Waals surface area contributed by atoms with Crippen LogP contribution in [0.4, 0.5) is 0 Å². The number of hydrogen-bond donors (Lipinski definition) is 0. The normalized spacial score (nSPS) is 0. The Morgan fingerprint density at radius 3 is 0.714 bits per heavy atom. The summed E-state index contributed by atoms with van der Waals surface area (Å²) in [5.74, 6) is 0. The zero-order valence-electron chi connectivity index (χ0n) is 3.46. The second kappa shape index (κ2) is 45.5. The van der Waals surface area contributed by atoms with E-state index >= 15 is 0 Å². The van der Waals surface area contributed by atoms with Gasteiger partial charge in [0.05, 0.1) is 0 Å². The Hall–Kier alpha value is 4.71. The van der Waals surface area contributed by atoms with Crippen molar-refractivity contribution >= 4 is 136 Å². The van der Waals surface area contributed by atoms with Gasteiger partial charge in [-0.3, -0.25) is 0 Å².